The standard InChI is InChI=1S/C24H27FN4O3/c1-2-31-21-8-6-17(12-18(21)16-30)14-29-10-11-32-22(15-29)20-4-3-5-24(27-20)28-23-9-7-19(25)13-26-23/h3-9,12-13,22,30H,2,10-11,14-16H2,1H3,(H,26,27,28). The van der Waals surface area contributed by atoms with Gasteiger partial charge < -0.3 is 19.9 Å². The van der Waals surface area contributed by atoms with Gasteiger partial charge in [0.25, 0.3) is 0 Å². The third-order valence-electron chi connectivity index (χ3n) is 5.24. The van der Waals surface area contributed by atoms with Crippen molar-refractivity contribution in [3.8, 4) is 5.75 Å². The quantitative estimate of drug-likeness (QED) is 0.553. The van der Waals surface area contributed by atoms with E-state index < -0.39 is 0 Å². The van der Waals surface area contributed by atoms with E-state index in [2.05, 4.69) is 20.2 Å². The topological polar surface area (TPSA) is 79.7 Å². The monoisotopic (exact) mass is 438 g/mol. The van der Waals surface area contributed by atoms with Crippen LogP contribution in [0.2, 0.25) is 0 Å². The van der Waals surface area contributed by atoms with Crippen LogP contribution in [0.1, 0.15) is 29.8 Å². The maximum atomic E-state index is 13.1. The highest BCUT2D eigenvalue weighted by atomic mass is 19.1. The zero-order valence-corrected chi connectivity index (χ0v) is 18.0. The minimum absolute atomic E-state index is 0.0540. The molecule has 8 heteroatoms. The van der Waals surface area contributed by atoms with E-state index in [4.69, 9.17) is 9.47 Å². The molecule has 3 heterocycles. The normalized spacial score (nSPS) is 16.7. The van der Waals surface area contributed by atoms with Crippen molar-refractivity contribution in [2.75, 3.05) is 31.6 Å². The van der Waals surface area contributed by atoms with Crippen LogP contribution in [0.4, 0.5) is 16.0 Å². The number of morpholine rings is 1. The number of benzene rings is 1. The van der Waals surface area contributed by atoms with Gasteiger partial charge in [-0.3, -0.25) is 4.90 Å². The molecule has 3 aromatic rings. The number of nitrogens with one attached hydrogen (secondary N) is 1. The van der Waals surface area contributed by atoms with Crippen LogP contribution in [0.15, 0.2) is 54.7 Å². The van der Waals surface area contributed by atoms with Gasteiger partial charge in [-0.05, 0) is 48.9 Å². The third kappa shape index (κ3) is 5.59. The fourth-order valence-corrected chi connectivity index (χ4v) is 3.72. The zero-order valence-electron chi connectivity index (χ0n) is 18.0. The Morgan fingerprint density at radius 1 is 1.22 bits per heavy atom. The summed E-state index contributed by atoms with van der Waals surface area (Å²) in [6, 6.07) is 14.6. The Labute approximate surface area is 186 Å². The molecular formula is C24H27FN4O3. The Kier molecular flexibility index (Phi) is 7.26. The SMILES string of the molecule is CCOc1ccc(CN2CCOC(c3cccc(Nc4ccc(F)cn4)n3)C2)cc1CO. The highest BCUT2D eigenvalue weighted by molar-refractivity contribution is 5.51. The Morgan fingerprint density at radius 2 is 2.12 bits per heavy atom. The molecule has 2 aromatic heterocycles. The molecule has 32 heavy (non-hydrogen) atoms. The summed E-state index contributed by atoms with van der Waals surface area (Å²) in [6.07, 6.45) is 1.00. The summed E-state index contributed by atoms with van der Waals surface area (Å²) >= 11 is 0. The minimum Gasteiger partial charge on any atom is -0.494 e. The molecule has 1 unspecified atom stereocenters. The van der Waals surface area contributed by atoms with Crippen LogP contribution in [0.25, 0.3) is 0 Å². The molecule has 1 aliphatic heterocycles. The van der Waals surface area contributed by atoms with Gasteiger partial charge in [0.15, 0.2) is 0 Å². The highest BCUT2D eigenvalue weighted by Gasteiger charge is 2.23. The predicted molar refractivity (Wildman–Crippen MR) is 119 cm³/mol. The van der Waals surface area contributed by atoms with Crippen LogP contribution >= 0.6 is 0 Å². The van der Waals surface area contributed by atoms with E-state index >= 15 is 0 Å². The van der Waals surface area contributed by atoms with Gasteiger partial charge in [0.2, 0.25) is 0 Å². The van der Waals surface area contributed by atoms with Gasteiger partial charge in [-0.2, -0.15) is 0 Å². The molecule has 0 spiro atoms. The van der Waals surface area contributed by atoms with Gasteiger partial charge in [-0.1, -0.05) is 12.1 Å². The van der Waals surface area contributed by atoms with E-state index in [9.17, 15) is 9.50 Å². The first-order chi connectivity index (χ1) is 15.6. The second-order valence-corrected chi connectivity index (χ2v) is 7.56. The van der Waals surface area contributed by atoms with Crippen LogP contribution in [0, 0.1) is 5.82 Å². The van der Waals surface area contributed by atoms with E-state index in [1.807, 2.05) is 43.3 Å². The van der Waals surface area contributed by atoms with Crippen molar-refractivity contribution in [2.45, 2.75) is 26.2 Å². The van der Waals surface area contributed by atoms with E-state index in [0.717, 1.165) is 41.9 Å². The van der Waals surface area contributed by atoms with Crippen LogP contribution in [-0.2, 0) is 17.9 Å². The first-order valence-electron chi connectivity index (χ1n) is 10.7. The Hall–Kier alpha value is -3.07. The van der Waals surface area contributed by atoms with Gasteiger partial charge >= 0.3 is 0 Å². The Bertz CT molecular complexity index is 1030. The maximum Gasteiger partial charge on any atom is 0.141 e. The second-order valence-electron chi connectivity index (χ2n) is 7.56. The first kappa shape index (κ1) is 22.1. The van der Waals surface area contributed by atoms with Gasteiger partial charge in [0, 0.05) is 25.2 Å². The Morgan fingerprint density at radius 3 is 2.91 bits per heavy atom. The van der Waals surface area contributed by atoms with E-state index in [1.54, 1.807) is 6.07 Å². The van der Waals surface area contributed by atoms with Crippen LogP contribution in [0.3, 0.4) is 0 Å². The smallest absolute Gasteiger partial charge is 0.141 e. The van der Waals surface area contributed by atoms with Crippen LogP contribution in [0.5, 0.6) is 5.75 Å². The first-order valence-corrected chi connectivity index (χ1v) is 10.7. The number of hydrogen-bond acceptors (Lipinski definition) is 7. The van der Waals surface area contributed by atoms with Crippen molar-refractivity contribution in [1.82, 2.24) is 14.9 Å². The minimum atomic E-state index is -0.383. The third-order valence-corrected chi connectivity index (χ3v) is 5.24. The zero-order chi connectivity index (χ0) is 22.3. The fourth-order valence-electron chi connectivity index (χ4n) is 3.72. The molecule has 0 saturated carbocycles. The number of nitrogens with zero attached hydrogens (tertiary/aromatic N) is 3. The van der Waals surface area contributed by atoms with E-state index in [0.29, 0.717) is 31.4 Å². The number of anilines is 2. The van der Waals surface area contributed by atoms with Crippen LogP contribution in [-0.4, -0.2) is 46.3 Å². The average Bonchev–Trinajstić information content (AvgIpc) is 2.82. The van der Waals surface area contributed by atoms with Gasteiger partial charge in [-0.15, -0.1) is 0 Å². The number of rotatable bonds is 8. The largest absolute Gasteiger partial charge is 0.494 e. The van der Waals surface area contributed by atoms with Crippen LogP contribution < -0.4 is 10.1 Å². The lowest BCUT2D eigenvalue weighted by molar-refractivity contribution is -0.0349. The molecule has 1 aromatic carbocycles. The van der Waals surface area contributed by atoms with Crippen molar-refractivity contribution in [2.24, 2.45) is 0 Å². The lowest BCUT2D eigenvalue weighted by atomic mass is 10.1. The lowest BCUT2D eigenvalue weighted by Crippen LogP contribution is -2.38. The van der Waals surface area contributed by atoms with Crippen molar-refractivity contribution in [3.05, 3.63) is 77.4 Å². The summed E-state index contributed by atoms with van der Waals surface area (Å²) in [7, 11) is 0. The molecule has 0 amide bonds. The van der Waals surface area contributed by atoms with Crippen molar-refractivity contribution in [3.63, 3.8) is 0 Å². The maximum absolute atomic E-state index is 13.1. The fraction of sp³-hybridized carbons (Fsp3) is 0.333. The number of aliphatic hydroxyl groups is 1. The molecule has 7 nitrogen and oxygen atoms in total. The molecule has 1 aliphatic rings. The molecule has 1 saturated heterocycles. The molecule has 0 aliphatic carbocycles. The van der Waals surface area contributed by atoms with Gasteiger partial charge in [-0.25, -0.2) is 14.4 Å². The summed E-state index contributed by atoms with van der Waals surface area (Å²) in [5.74, 6) is 1.49. The average molecular weight is 439 g/mol. The summed E-state index contributed by atoms with van der Waals surface area (Å²) in [4.78, 5) is 11.0. The molecule has 2 N–H and O–H groups in total. The van der Waals surface area contributed by atoms with Crippen molar-refractivity contribution >= 4 is 11.6 Å². The number of hydrogen-bond donors (Lipinski definition) is 2. The molecule has 168 valence electrons. The van der Waals surface area contributed by atoms with Gasteiger partial charge in [0.1, 0.15) is 29.3 Å². The summed E-state index contributed by atoms with van der Waals surface area (Å²) in [5.41, 5.74) is 2.73. The summed E-state index contributed by atoms with van der Waals surface area (Å²) in [5, 5.41) is 12.8. The van der Waals surface area contributed by atoms with E-state index in [1.165, 1.54) is 6.07 Å². The summed E-state index contributed by atoms with van der Waals surface area (Å²) < 4.78 is 24.6. The Balaban J connectivity index is 1.42. The molecule has 0 bridgehead atoms. The number of pyridine rings is 2. The molecule has 1 atom stereocenters. The highest BCUT2D eigenvalue weighted by Crippen LogP contribution is 2.26. The molecule has 4 rings (SSSR count). The van der Waals surface area contributed by atoms with Gasteiger partial charge in [0.05, 0.1) is 31.7 Å². The number of aliphatic hydroxyl groups excluding tert-OH is 1. The lowest BCUT2D eigenvalue weighted by Gasteiger charge is -2.33. The molecule has 0 radical (unpaired) electrons. The molecule has 1 fully saturated rings. The summed E-state index contributed by atoms with van der Waals surface area (Å²) in [6.45, 7) is 5.31. The predicted octanol–water partition coefficient (Wildman–Crippen LogP) is 3.82. The van der Waals surface area contributed by atoms with Crippen molar-refractivity contribution in [1.29, 1.82) is 0 Å². The second kappa shape index (κ2) is 10.5. The number of ether oxygens (including phenoxy) is 2. The number of halogens is 1. The number of aromatic nitrogens is 2. The molecular weight excluding hydrogens is 411 g/mol. The van der Waals surface area contributed by atoms with E-state index in [-0.39, 0.29) is 18.5 Å². The van der Waals surface area contributed by atoms with Crippen molar-refractivity contribution < 1.29 is 19.0 Å².